The Bertz CT molecular complexity index is 832. The summed E-state index contributed by atoms with van der Waals surface area (Å²) in [6.07, 6.45) is 3.15. The first-order valence-corrected chi connectivity index (χ1v) is 8.08. The second kappa shape index (κ2) is 6.53. The van der Waals surface area contributed by atoms with Crippen LogP contribution in [0.15, 0.2) is 58.3 Å². The normalized spacial score (nSPS) is 11.2. The molecule has 0 radical (unpaired) electrons. The van der Waals surface area contributed by atoms with Gasteiger partial charge in [0.2, 0.25) is 0 Å². The molecule has 0 spiro atoms. The Kier molecular flexibility index (Phi) is 4.48. The van der Waals surface area contributed by atoms with Crippen molar-refractivity contribution in [3.63, 3.8) is 0 Å². The van der Waals surface area contributed by atoms with Crippen LogP contribution in [-0.2, 0) is 0 Å². The minimum atomic E-state index is -0.0440. The molecule has 0 bridgehead atoms. The average molecular weight is 349 g/mol. The maximum Gasteiger partial charge on any atom is 0.195 e. The Morgan fingerprint density at radius 3 is 2.73 bits per heavy atom. The van der Waals surface area contributed by atoms with Gasteiger partial charge in [-0.3, -0.25) is 4.79 Å². The van der Waals surface area contributed by atoms with Crippen molar-refractivity contribution in [2.45, 2.75) is 0 Å². The van der Waals surface area contributed by atoms with E-state index in [1.165, 1.54) is 17.4 Å². The van der Waals surface area contributed by atoms with Crippen LogP contribution in [0.2, 0.25) is 10.0 Å². The largest absolute Gasteiger partial charge is 0.457 e. The van der Waals surface area contributed by atoms with Crippen LogP contribution in [0.25, 0.3) is 17.4 Å². The Morgan fingerprint density at radius 1 is 1.14 bits per heavy atom. The van der Waals surface area contributed by atoms with E-state index in [0.29, 0.717) is 26.4 Å². The summed E-state index contributed by atoms with van der Waals surface area (Å²) in [5.41, 5.74) is 0.760. The molecule has 22 heavy (non-hydrogen) atoms. The van der Waals surface area contributed by atoms with E-state index in [4.69, 9.17) is 27.6 Å². The molecule has 0 atom stereocenters. The first-order valence-electron chi connectivity index (χ1n) is 6.44. The summed E-state index contributed by atoms with van der Waals surface area (Å²) in [4.78, 5) is 12.6. The molecule has 0 fully saturated rings. The van der Waals surface area contributed by atoms with Crippen molar-refractivity contribution in [3.05, 3.63) is 74.6 Å². The van der Waals surface area contributed by atoms with Crippen molar-refractivity contribution in [2.75, 3.05) is 0 Å². The third-order valence-electron chi connectivity index (χ3n) is 2.99. The highest BCUT2D eigenvalue weighted by Crippen LogP contribution is 2.31. The number of carbonyl (C=O) groups is 1. The SMILES string of the molecule is O=C(C=Cc1ccc(-c2ccc(Cl)cc2Cl)o1)c1cccs1. The molecule has 110 valence electrons. The fourth-order valence-corrected chi connectivity index (χ4v) is 3.08. The van der Waals surface area contributed by atoms with Crippen molar-refractivity contribution < 1.29 is 9.21 Å². The molecular weight excluding hydrogens is 339 g/mol. The molecule has 2 nitrogen and oxygen atoms in total. The zero-order valence-corrected chi connectivity index (χ0v) is 13.6. The molecule has 0 saturated carbocycles. The van der Waals surface area contributed by atoms with E-state index in [1.807, 2.05) is 17.5 Å². The number of hydrogen-bond acceptors (Lipinski definition) is 3. The first-order chi connectivity index (χ1) is 10.6. The standard InChI is InChI=1S/C17H10Cl2O2S/c18-11-3-6-13(14(19)10-11)16-8-5-12(21-16)4-7-15(20)17-2-1-9-22-17/h1-10H. The maximum absolute atomic E-state index is 11.9. The Labute approximate surface area is 141 Å². The summed E-state index contributed by atoms with van der Waals surface area (Å²) in [7, 11) is 0. The van der Waals surface area contributed by atoms with Gasteiger partial charge in [0.25, 0.3) is 0 Å². The predicted molar refractivity (Wildman–Crippen MR) is 91.8 cm³/mol. The van der Waals surface area contributed by atoms with Crippen molar-refractivity contribution in [3.8, 4) is 11.3 Å². The van der Waals surface area contributed by atoms with Crippen LogP contribution in [0.5, 0.6) is 0 Å². The van der Waals surface area contributed by atoms with Gasteiger partial charge in [0.1, 0.15) is 11.5 Å². The highest BCUT2D eigenvalue weighted by molar-refractivity contribution is 7.12. The van der Waals surface area contributed by atoms with E-state index in [9.17, 15) is 4.79 Å². The van der Waals surface area contributed by atoms with Crippen LogP contribution in [0, 0.1) is 0 Å². The predicted octanol–water partition coefficient (Wildman–Crippen LogP) is 6.21. The number of hydrogen-bond donors (Lipinski definition) is 0. The van der Waals surface area contributed by atoms with E-state index in [1.54, 1.807) is 36.4 Å². The van der Waals surface area contributed by atoms with Gasteiger partial charge in [-0.15, -0.1) is 11.3 Å². The third kappa shape index (κ3) is 3.33. The van der Waals surface area contributed by atoms with Crippen molar-refractivity contribution in [1.82, 2.24) is 0 Å². The molecule has 0 saturated heterocycles. The van der Waals surface area contributed by atoms with Gasteiger partial charge in [0, 0.05) is 10.6 Å². The number of carbonyl (C=O) groups excluding carboxylic acids is 1. The van der Waals surface area contributed by atoms with Crippen LogP contribution < -0.4 is 0 Å². The average Bonchev–Trinajstić information content (AvgIpc) is 3.16. The van der Waals surface area contributed by atoms with E-state index < -0.39 is 0 Å². The highest BCUT2D eigenvalue weighted by atomic mass is 35.5. The van der Waals surface area contributed by atoms with Gasteiger partial charge in [-0.05, 0) is 53.9 Å². The second-order valence-corrected chi connectivity index (χ2v) is 6.29. The van der Waals surface area contributed by atoms with Crippen LogP contribution in [0.3, 0.4) is 0 Å². The lowest BCUT2D eigenvalue weighted by Crippen LogP contribution is -1.88. The molecule has 0 amide bonds. The highest BCUT2D eigenvalue weighted by Gasteiger charge is 2.09. The summed E-state index contributed by atoms with van der Waals surface area (Å²) in [5.74, 6) is 1.17. The molecule has 0 N–H and O–H groups in total. The molecule has 0 aliphatic carbocycles. The van der Waals surface area contributed by atoms with Crippen molar-refractivity contribution >= 4 is 46.4 Å². The van der Waals surface area contributed by atoms with Crippen LogP contribution in [-0.4, -0.2) is 5.78 Å². The lowest BCUT2D eigenvalue weighted by molar-refractivity contribution is 0.105. The summed E-state index contributed by atoms with van der Waals surface area (Å²) < 4.78 is 5.70. The Morgan fingerprint density at radius 2 is 2.00 bits per heavy atom. The summed E-state index contributed by atoms with van der Waals surface area (Å²) in [6, 6.07) is 12.5. The minimum absolute atomic E-state index is 0.0440. The Balaban J connectivity index is 1.80. The van der Waals surface area contributed by atoms with Gasteiger partial charge >= 0.3 is 0 Å². The van der Waals surface area contributed by atoms with E-state index in [0.717, 1.165) is 5.56 Å². The van der Waals surface area contributed by atoms with Gasteiger partial charge in [-0.25, -0.2) is 0 Å². The van der Waals surface area contributed by atoms with Gasteiger partial charge in [0.05, 0.1) is 9.90 Å². The number of halogens is 2. The first kappa shape index (κ1) is 15.1. The zero-order valence-electron chi connectivity index (χ0n) is 11.3. The number of furan rings is 1. The van der Waals surface area contributed by atoms with Crippen LogP contribution in [0.4, 0.5) is 0 Å². The molecule has 2 heterocycles. The molecule has 3 aromatic rings. The number of thiophene rings is 1. The molecule has 0 unspecified atom stereocenters. The number of ketones is 1. The second-order valence-electron chi connectivity index (χ2n) is 4.50. The summed E-state index contributed by atoms with van der Waals surface area (Å²) in [6.45, 7) is 0. The van der Waals surface area contributed by atoms with E-state index in [2.05, 4.69) is 0 Å². The van der Waals surface area contributed by atoms with Crippen molar-refractivity contribution in [1.29, 1.82) is 0 Å². The fraction of sp³-hybridized carbons (Fsp3) is 0. The molecule has 5 heteroatoms. The monoisotopic (exact) mass is 348 g/mol. The number of benzene rings is 1. The summed E-state index contributed by atoms with van der Waals surface area (Å²) >= 11 is 13.4. The van der Waals surface area contributed by atoms with Gasteiger partial charge in [-0.1, -0.05) is 29.3 Å². The molecule has 1 aromatic carbocycles. The topological polar surface area (TPSA) is 30.2 Å². The molecular formula is C17H10Cl2O2S. The lowest BCUT2D eigenvalue weighted by Gasteiger charge is -2.00. The smallest absolute Gasteiger partial charge is 0.195 e. The third-order valence-corrected chi connectivity index (χ3v) is 4.42. The number of allylic oxidation sites excluding steroid dienone is 1. The van der Waals surface area contributed by atoms with Crippen LogP contribution in [0.1, 0.15) is 15.4 Å². The maximum atomic E-state index is 11.9. The molecule has 0 aliphatic heterocycles. The molecule has 3 rings (SSSR count). The quantitative estimate of drug-likeness (QED) is 0.414. The minimum Gasteiger partial charge on any atom is -0.457 e. The van der Waals surface area contributed by atoms with Gasteiger partial charge in [0.15, 0.2) is 5.78 Å². The lowest BCUT2D eigenvalue weighted by atomic mass is 10.2. The fourth-order valence-electron chi connectivity index (χ4n) is 1.94. The van der Waals surface area contributed by atoms with Gasteiger partial charge in [-0.2, -0.15) is 0 Å². The van der Waals surface area contributed by atoms with E-state index in [-0.39, 0.29) is 5.78 Å². The number of rotatable bonds is 4. The van der Waals surface area contributed by atoms with E-state index >= 15 is 0 Å². The molecule has 0 aliphatic rings. The molecule has 2 aromatic heterocycles. The Hall–Kier alpha value is -1.81. The van der Waals surface area contributed by atoms with Crippen molar-refractivity contribution in [2.24, 2.45) is 0 Å². The zero-order chi connectivity index (χ0) is 15.5. The van der Waals surface area contributed by atoms with Crippen LogP contribution >= 0.6 is 34.5 Å². The van der Waals surface area contributed by atoms with Gasteiger partial charge < -0.3 is 4.42 Å². The summed E-state index contributed by atoms with van der Waals surface area (Å²) in [5, 5.41) is 2.96.